The van der Waals surface area contributed by atoms with Gasteiger partial charge in [-0.25, -0.2) is 0 Å². The van der Waals surface area contributed by atoms with E-state index in [0.717, 1.165) is 44.9 Å². The van der Waals surface area contributed by atoms with E-state index in [2.05, 4.69) is 11.4 Å². The van der Waals surface area contributed by atoms with E-state index in [9.17, 15) is 14.9 Å². The minimum absolute atomic E-state index is 0.0476. The van der Waals surface area contributed by atoms with E-state index in [-0.39, 0.29) is 35.4 Å². The number of nitrogens with two attached hydrogens (primary N) is 1. The first-order valence-electron chi connectivity index (χ1n) is 11.2. The van der Waals surface area contributed by atoms with Gasteiger partial charge >= 0.3 is 5.97 Å². The van der Waals surface area contributed by atoms with Crippen LogP contribution in [0.3, 0.4) is 0 Å². The maximum atomic E-state index is 13.5. The van der Waals surface area contributed by atoms with Crippen LogP contribution in [0.4, 0.5) is 0 Å². The molecule has 6 fully saturated rings. The molecule has 4 bridgehead atoms. The van der Waals surface area contributed by atoms with Crippen LogP contribution in [0.2, 0.25) is 0 Å². The zero-order chi connectivity index (χ0) is 20.6. The maximum Gasteiger partial charge on any atom is 0.323 e. The molecule has 1 saturated heterocycles. The Morgan fingerprint density at radius 1 is 1.21 bits per heavy atom. The van der Waals surface area contributed by atoms with Crippen LogP contribution in [0, 0.1) is 34.5 Å². The molecule has 7 nitrogen and oxygen atoms in total. The van der Waals surface area contributed by atoms with Gasteiger partial charge < -0.3 is 20.7 Å². The van der Waals surface area contributed by atoms with Crippen molar-refractivity contribution < 1.29 is 14.3 Å². The zero-order valence-corrected chi connectivity index (χ0v) is 17.4. The molecule has 0 spiro atoms. The predicted octanol–water partition coefficient (Wildman–Crippen LogP) is 1.32. The first-order chi connectivity index (χ1) is 13.8. The van der Waals surface area contributed by atoms with E-state index in [1.54, 1.807) is 11.9 Å². The lowest BCUT2D eigenvalue weighted by molar-refractivity contribution is -0.207. The number of rotatable bonds is 5. The van der Waals surface area contributed by atoms with Gasteiger partial charge in [-0.15, -0.1) is 0 Å². The molecule has 6 rings (SSSR count). The van der Waals surface area contributed by atoms with Crippen LogP contribution in [0.15, 0.2) is 0 Å². The Hall–Kier alpha value is -1.65. The number of ether oxygens (including phenoxy) is 1. The molecular weight excluding hydrogens is 368 g/mol. The number of likely N-dealkylation sites (tertiary alicyclic amines) is 1. The Bertz CT molecular complexity index is 763. The van der Waals surface area contributed by atoms with Crippen LogP contribution in [-0.4, -0.2) is 53.6 Å². The second-order valence-corrected chi connectivity index (χ2v) is 10.6. The average molecular weight is 401 g/mol. The fraction of sp³-hybridized carbons (Fsp3) is 0.864. The van der Waals surface area contributed by atoms with Gasteiger partial charge in [-0.1, -0.05) is 0 Å². The van der Waals surface area contributed by atoms with E-state index in [1.165, 1.54) is 0 Å². The summed E-state index contributed by atoms with van der Waals surface area (Å²) in [5.74, 6) is 1.16. The molecule has 0 aromatic carbocycles. The van der Waals surface area contributed by atoms with E-state index >= 15 is 0 Å². The van der Waals surface area contributed by atoms with Crippen LogP contribution in [0.5, 0.6) is 0 Å². The molecule has 1 amide bonds. The first-order valence-corrected chi connectivity index (χ1v) is 11.2. The van der Waals surface area contributed by atoms with Crippen molar-refractivity contribution in [3.05, 3.63) is 0 Å². The number of carbonyl (C=O) groups excluding carboxylic acids is 2. The molecule has 6 aliphatic rings. The summed E-state index contributed by atoms with van der Waals surface area (Å²) in [6.45, 7) is 1.81. The SMILES string of the molecule is CNC(C)C(=O)OC12CC3C[C@H](C1)CC([C@H](N)C(=O)N1C4CC4C[C@H]1C#N)(C3)C2. The predicted molar refractivity (Wildman–Crippen MR) is 105 cm³/mol. The third-order valence-corrected chi connectivity index (χ3v) is 8.59. The summed E-state index contributed by atoms with van der Waals surface area (Å²) in [5, 5.41) is 12.5. The summed E-state index contributed by atoms with van der Waals surface area (Å²) in [5.41, 5.74) is 5.93. The standard InChI is InChI=1S/C22H32N4O3/c1-12(25-2)20(28)29-22-8-13-3-14(9-22)7-21(6-13,11-22)18(24)19(27)26-16(10-23)4-15-5-17(15)26/h12-18,25H,3-9,11,24H2,1-2H3/t12?,13-,14?,15?,16-,17?,18+,21?,22?/m0/s1. The molecule has 6 unspecified atom stereocenters. The minimum atomic E-state index is -0.608. The number of nitriles is 1. The van der Waals surface area contributed by atoms with E-state index < -0.39 is 11.6 Å². The van der Waals surface area contributed by atoms with Crippen molar-refractivity contribution in [2.75, 3.05) is 7.05 Å². The lowest BCUT2D eigenvalue weighted by atomic mass is 9.46. The lowest BCUT2D eigenvalue weighted by Crippen LogP contribution is -2.66. The molecular formula is C22H32N4O3. The summed E-state index contributed by atoms with van der Waals surface area (Å²) < 4.78 is 6.12. The van der Waals surface area contributed by atoms with Crippen LogP contribution in [-0.2, 0) is 14.3 Å². The molecule has 5 aliphatic carbocycles. The van der Waals surface area contributed by atoms with Crippen LogP contribution in [0.25, 0.3) is 0 Å². The van der Waals surface area contributed by atoms with Crippen molar-refractivity contribution in [3.63, 3.8) is 0 Å². The molecule has 0 aromatic rings. The van der Waals surface area contributed by atoms with Crippen LogP contribution >= 0.6 is 0 Å². The van der Waals surface area contributed by atoms with Gasteiger partial charge in [0.05, 0.1) is 12.1 Å². The number of nitrogens with one attached hydrogen (secondary N) is 1. The molecule has 7 heteroatoms. The summed E-state index contributed by atoms with van der Waals surface area (Å²) in [4.78, 5) is 27.9. The Labute approximate surface area is 172 Å². The smallest absolute Gasteiger partial charge is 0.323 e. The van der Waals surface area contributed by atoms with Crippen molar-refractivity contribution in [2.24, 2.45) is 28.9 Å². The molecule has 3 N–H and O–H groups in total. The highest BCUT2D eigenvalue weighted by molar-refractivity contribution is 5.84. The quantitative estimate of drug-likeness (QED) is 0.674. The largest absolute Gasteiger partial charge is 0.458 e. The molecule has 9 atom stereocenters. The van der Waals surface area contributed by atoms with Crippen LogP contribution in [0.1, 0.15) is 58.3 Å². The maximum absolute atomic E-state index is 13.5. The average Bonchev–Trinajstić information content (AvgIpc) is 3.34. The number of likely N-dealkylation sites (N-methyl/N-ethyl adjacent to an activating group) is 1. The fourth-order valence-electron chi connectivity index (χ4n) is 7.46. The van der Waals surface area contributed by atoms with Gasteiger partial charge in [-0.05, 0) is 88.5 Å². The second kappa shape index (κ2) is 6.42. The number of esters is 1. The van der Waals surface area contributed by atoms with Gasteiger partial charge in [0.1, 0.15) is 17.7 Å². The van der Waals surface area contributed by atoms with Gasteiger partial charge in [-0.3, -0.25) is 9.59 Å². The summed E-state index contributed by atoms with van der Waals surface area (Å²) in [7, 11) is 1.76. The van der Waals surface area contributed by atoms with Gasteiger partial charge in [0.2, 0.25) is 5.91 Å². The molecule has 0 aromatic heterocycles. The van der Waals surface area contributed by atoms with Crippen molar-refractivity contribution in [3.8, 4) is 6.07 Å². The number of amides is 1. The van der Waals surface area contributed by atoms with Gasteiger partial charge in [-0.2, -0.15) is 5.26 Å². The first kappa shape index (κ1) is 19.3. The Balaban J connectivity index is 1.39. The highest BCUT2D eigenvalue weighted by Gasteiger charge is 2.64. The Kier molecular flexibility index (Phi) is 4.28. The summed E-state index contributed by atoms with van der Waals surface area (Å²) in [6.07, 6.45) is 7.31. The lowest BCUT2D eigenvalue weighted by Gasteiger charge is -2.62. The van der Waals surface area contributed by atoms with Crippen molar-refractivity contribution in [2.45, 2.75) is 88.1 Å². The third-order valence-electron chi connectivity index (χ3n) is 8.59. The van der Waals surface area contributed by atoms with E-state index in [4.69, 9.17) is 10.5 Å². The van der Waals surface area contributed by atoms with E-state index in [1.807, 2.05) is 6.92 Å². The molecule has 0 radical (unpaired) electrons. The number of nitrogens with zero attached hydrogens (tertiary/aromatic N) is 2. The summed E-state index contributed by atoms with van der Waals surface area (Å²) >= 11 is 0. The van der Waals surface area contributed by atoms with Crippen molar-refractivity contribution in [1.29, 1.82) is 5.26 Å². The van der Waals surface area contributed by atoms with Crippen molar-refractivity contribution in [1.82, 2.24) is 10.2 Å². The molecule has 158 valence electrons. The van der Waals surface area contributed by atoms with Gasteiger partial charge in [0.15, 0.2) is 0 Å². The monoisotopic (exact) mass is 400 g/mol. The fourth-order valence-corrected chi connectivity index (χ4v) is 7.46. The van der Waals surface area contributed by atoms with Crippen LogP contribution < -0.4 is 11.1 Å². The number of piperidine rings is 1. The molecule has 1 aliphatic heterocycles. The molecule has 1 heterocycles. The van der Waals surface area contributed by atoms with Gasteiger partial charge in [0.25, 0.3) is 0 Å². The highest BCUT2D eigenvalue weighted by Crippen LogP contribution is 2.64. The topological polar surface area (TPSA) is 108 Å². The molecule has 29 heavy (non-hydrogen) atoms. The number of hydrogen-bond acceptors (Lipinski definition) is 6. The highest BCUT2D eigenvalue weighted by atomic mass is 16.6. The summed E-state index contributed by atoms with van der Waals surface area (Å²) in [6, 6.07) is 1.25. The normalized spacial score (nSPS) is 46.0. The number of fused-ring (bicyclic) bond motifs is 1. The van der Waals surface area contributed by atoms with E-state index in [0.29, 0.717) is 24.2 Å². The third kappa shape index (κ3) is 2.90. The Morgan fingerprint density at radius 2 is 1.90 bits per heavy atom. The molecule has 5 saturated carbocycles. The van der Waals surface area contributed by atoms with Crippen molar-refractivity contribution >= 4 is 11.9 Å². The van der Waals surface area contributed by atoms with Gasteiger partial charge in [0, 0.05) is 6.04 Å². The zero-order valence-electron chi connectivity index (χ0n) is 17.4. The second-order valence-electron chi connectivity index (χ2n) is 10.6. The minimum Gasteiger partial charge on any atom is -0.458 e. The number of hydrogen-bond donors (Lipinski definition) is 2. The Morgan fingerprint density at radius 3 is 2.52 bits per heavy atom. The number of carbonyl (C=O) groups is 2.